The first-order chi connectivity index (χ1) is 10.5. The van der Waals surface area contributed by atoms with Crippen molar-refractivity contribution in [1.82, 2.24) is 4.90 Å². The third kappa shape index (κ3) is 2.66. The van der Waals surface area contributed by atoms with Gasteiger partial charge in [-0.1, -0.05) is 0 Å². The third-order valence-electron chi connectivity index (χ3n) is 4.52. The highest BCUT2D eigenvalue weighted by Crippen LogP contribution is 2.44. The standard InChI is InChI=1S/C15H16N2O5/c18-14(10-3-5-11(6-4-10)17(21)22)16-7-12(9-1-2-9)13(8-16)15(19)20/h3-6,9,12-13H,1-2,7-8H2,(H,19,20)/t12-,13+/m1/s1. The first kappa shape index (κ1) is 14.5. The molecule has 2 atom stereocenters. The molecule has 1 N–H and O–H groups in total. The van der Waals surface area contributed by atoms with Crippen molar-refractivity contribution >= 4 is 17.6 Å². The number of nitro groups is 1. The van der Waals surface area contributed by atoms with Gasteiger partial charge in [-0.3, -0.25) is 19.7 Å². The fourth-order valence-electron chi connectivity index (χ4n) is 3.17. The molecule has 22 heavy (non-hydrogen) atoms. The van der Waals surface area contributed by atoms with Crippen LogP contribution in [-0.4, -0.2) is 39.9 Å². The number of carboxylic acid groups (broad SMARTS) is 1. The zero-order chi connectivity index (χ0) is 15.9. The Balaban J connectivity index is 1.74. The van der Waals surface area contributed by atoms with Crippen LogP contribution < -0.4 is 0 Å². The van der Waals surface area contributed by atoms with Gasteiger partial charge in [-0.05, 0) is 36.8 Å². The fraction of sp³-hybridized carbons (Fsp3) is 0.467. The van der Waals surface area contributed by atoms with Gasteiger partial charge >= 0.3 is 5.97 Å². The summed E-state index contributed by atoms with van der Waals surface area (Å²) in [6.45, 7) is 0.670. The van der Waals surface area contributed by atoms with Crippen molar-refractivity contribution in [3.05, 3.63) is 39.9 Å². The minimum Gasteiger partial charge on any atom is -0.481 e. The van der Waals surface area contributed by atoms with Crippen LogP contribution in [0.25, 0.3) is 0 Å². The minimum atomic E-state index is -0.851. The summed E-state index contributed by atoms with van der Waals surface area (Å²) in [5.74, 6) is -1.18. The molecule has 0 bridgehead atoms. The lowest BCUT2D eigenvalue weighted by atomic mass is 9.92. The molecule has 1 saturated carbocycles. The van der Waals surface area contributed by atoms with E-state index >= 15 is 0 Å². The van der Waals surface area contributed by atoms with E-state index in [1.807, 2.05) is 0 Å². The predicted molar refractivity (Wildman–Crippen MR) is 76.3 cm³/mol. The molecule has 7 heteroatoms. The van der Waals surface area contributed by atoms with Crippen LogP contribution in [0.5, 0.6) is 0 Å². The third-order valence-corrected chi connectivity index (χ3v) is 4.52. The van der Waals surface area contributed by atoms with Gasteiger partial charge in [-0.25, -0.2) is 0 Å². The number of likely N-dealkylation sites (tertiary alicyclic amines) is 1. The Labute approximate surface area is 126 Å². The Kier molecular flexibility index (Phi) is 3.56. The maximum Gasteiger partial charge on any atom is 0.308 e. The second kappa shape index (κ2) is 5.40. The highest BCUT2D eigenvalue weighted by Gasteiger charge is 2.46. The number of amides is 1. The van der Waals surface area contributed by atoms with Crippen LogP contribution in [0.4, 0.5) is 5.69 Å². The molecular weight excluding hydrogens is 288 g/mol. The van der Waals surface area contributed by atoms with E-state index in [-0.39, 0.29) is 24.1 Å². The molecule has 0 aromatic heterocycles. The van der Waals surface area contributed by atoms with E-state index in [2.05, 4.69) is 0 Å². The Morgan fingerprint density at radius 2 is 1.82 bits per heavy atom. The zero-order valence-corrected chi connectivity index (χ0v) is 11.8. The van der Waals surface area contributed by atoms with E-state index in [9.17, 15) is 24.8 Å². The molecule has 1 saturated heterocycles. The molecule has 3 rings (SSSR count). The van der Waals surface area contributed by atoms with E-state index in [1.165, 1.54) is 24.3 Å². The number of hydrogen-bond acceptors (Lipinski definition) is 4. The quantitative estimate of drug-likeness (QED) is 0.675. The Morgan fingerprint density at radius 3 is 2.32 bits per heavy atom. The summed E-state index contributed by atoms with van der Waals surface area (Å²) in [5.41, 5.74) is 0.281. The molecule has 2 aliphatic rings. The Bertz CT molecular complexity index is 623. The summed E-state index contributed by atoms with van der Waals surface area (Å²) in [4.78, 5) is 35.5. The van der Waals surface area contributed by atoms with E-state index in [0.29, 0.717) is 18.0 Å². The lowest BCUT2D eigenvalue weighted by molar-refractivity contribution is -0.384. The number of hydrogen-bond donors (Lipinski definition) is 1. The number of non-ortho nitro benzene ring substituents is 1. The summed E-state index contributed by atoms with van der Waals surface area (Å²) in [6.07, 6.45) is 2.07. The van der Waals surface area contributed by atoms with Crippen LogP contribution >= 0.6 is 0 Å². The molecule has 1 aromatic rings. The summed E-state index contributed by atoms with van der Waals surface area (Å²) in [7, 11) is 0. The first-order valence-corrected chi connectivity index (χ1v) is 7.24. The Morgan fingerprint density at radius 1 is 1.18 bits per heavy atom. The summed E-state index contributed by atoms with van der Waals surface area (Å²) < 4.78 is 0. The molecule has 116 valence electrons. The van der Waals surface area contributed by atoms with E-state index in [4.69, 9.17) is 0 Å². The van der Waals surface area contributed by atoms with Crippen LogP contribution in [0.15, 0.2) is 24.3 Å². The second-order valence-electron chi connectivity index (χ2n) is 5.96. The maximum absolute atomic E-state index is 12.4. The molecule has 1 aromatic carbocycles. The van der Waals surface area contributed by atoms with Crippen LogP contribution in [0.2, 0.25) is 0 Å². The average molecular weight is 304 g/mol. The molecule has 1 aliphatic carbocycles. The molecule has 2 fully saturated rings. The SMILES string of the molecule is O=C(O)[C@H]1CN(C(=O)c2ccc([N+](=O)[O-])cc2)C[C@@H]1C1CC1. The summed E-state index contributed by atoms with van der Waals surface area (Å²) in [5, 5.41) is 19.9. The Hall–Kier alpha value is -2.44. The van der Waals surface area contributed by atoms with Crippen LogP contribution in [0, 0.1) is 27.9 Å². The van der Waals surface area contributed by atoms with Gasteiger partial charge in [0.2, 0.25) is 0 Å². The van der Waals surface area contributed by atoms with Gasteiger partial charge in [0.05, 0.1) is 10.8 Å². The number of carbonyl (C=O) groups is 2. The predicted octanol–water partition coefficient (Wildman–Crippen LogP) is 1.78. The number of nitrogens with zero attached hydrogens (tertiary/aromatic N) is 2. The maximum atomic E-state index is 12.4. The fourth-order valence-corrected chi connectivity index (χ4v) is 3.17. The topological polar surface area (TPSA) is 101 Å². The summed E-state index contributed by atoms with van der Waals surface area (Å²) in [6, 6.07) is 5.41. The zero-order valence-electron chi connectivity index (χ0n) is 11.8. The molecule has 0 unspecified atom stereocenters. The van der Waals surface area contributed by atoms with Crippen LogP contribution in [0.3, 0.4) is 0 Å². The van der Waals surface area contributed by atoms with Crippen molar-refractivity contribution in [3.63, 3.8) is 0 Å². The van der Waals surface area contributed by atoms with Crippen molar-refractivity contribution in [2.24, 2.45) is 17.8 Å². The highest BCUT2D eigenvalue weighted by molar-refractivity contribution is 5.95. The number of carboxylic acids is 1. The van der Waals surface area contributed by atoms with E-state index < -0.39 is 16.8 Å². The summed E-state index contributed by atoms with van der Waals surface area (Å²) >= 11 is 0. The minimum absolute atomic E-state index is 0.0273. The largest absolute Gasteiger partial charge is 0.481 e. The van der Waals surface area contributed by atoms with Crippen LogP contribution in [-0.2, 0) is 4.79 Å². The molecular formula is C15H16N2O5. The average Bonchev–Trinajstić information content (AvgIpc) is 3.25. The monoisotopic (exact) mass is 304 g/mol. The first-order valence-electron chi connectivity index (χ1n) is 7.24. The normalized spacial score (nSPS) is 24.3. The number of benzene rings is 1. The molecule has 1 aliphatic heterocycles. The van der Waals surface area contributed by atoms with Gasteiger partial charge in [0.1, 0.15) is 0 Å². The molecule has 7 nitrogen and oxygen atoms in total. The smallest absolute Gasteiger partial charge is 0.308 e. The van der Waals surface area contributed by atoms with Crippen molar-refractivity contribution in [1.29, 1.82) is 0 Å². The lowest BCUT2D eigenvalue weighted by Crippen LogP contribution is -2.29. The second-order valence-corrected chi connectivity index (χ2v) is 5.96. The van der Waals surface area contributed by atoms with Gasteiger partial charge in [-0.15, -0.1) is 0 Å². The number of carbonyl (C=O) groups excluding carboxylic acids is 1. The van der Waals surface area contributed by atoms with Gasteiger partial charge < -0.3 is 10.0 Å². The van der Waals surface area contributed by atoms with Gasteiger partial charge in [0, 0.05) is 30.8 Å². The molecule has 1 amide bonds. The van der Waals surface area contributed by atoms with Crippen molar-refractivity contribution in [2.75, 3.05) is 13.1 Å². The molecule has 0 spiro atoms. The van der Waals surface area contributed by atoms with Crippen molar-refractivity contribution in [3.8, 4) is 0 Å². The molecule has 1 heterocycles. The van der Waals surface area contributed by atoms with Gasteiger partial charge in [0.15, 0.2) is 0 Å². The van der Waals surface area contributed by atoms with Crippen molar-refractivity contribution in [2.45, 2.75) is 12.8 Å². The van der Waals surface area contributed by atoms with E-state index in [1.54, 1.807) is 4.90 Å². The lowest BCUT2D eigenvalue weighted by Gasteiger charge is -2.16. The van der Waals surface area contributed by atoms with Gasteiger partial charge in [0.25, 0.3) is 11.6 Å². The number of aliphatic carboxylic acids is 1. The highest BCUT2D eigenvalue weighted by atomic mass is 16.6. The number of nitro benzene ring substituents is 1. The van der Waals surface area contributed by atoms with Crippen molar-refractivity contribution < 1.29 is 19.6 Å². The number of rotatable bonds is 4. The molecule has 0 radical (unpaired) electrons. The van der Waals surface area contributed by atoms with E-state index in [0.717, 1.165) is 12.8 Å². The van der Waals surface area contributed by atoms with Crippen LogP contribution in [0.1, 0.15) is 23.2 Å². The van der Waals surface area contributed by atoms with Gasteiger partial charge in [-0.2, -0.15) is 0 Å².